The van der Waals surface area contributed by atoms with E-state index >= 15 is 0 Å². The van der Waals surface area contributed by atoms with Crippen LogP contribution in [0.5, 0.6) is 0 Å². The lowest BCUT2D eigenvalue weighted by Gasteiger charge is -1.95. The molecule has 0 aliphatic rings. The summed E-state index contributed by atoms with van der Waals surface area (Å²) in [6.07, 6.45) is 1.67. The van der Waals surface area contributed by atoms with Gasteiger partial charge in [0, 0.05) is 29.3 Å². The maximum Gasteiger partial charge on any atom is 0.0484 e. The van der Waals surface area contributed by atoms with E-state index in [0.717, 1.165) is 3.57 Å². The molecule has 1 heterocycles. The molecule has 0 amide bonds. The van der Waals surface area contributed by atoms with Crippen LogP contribution in [-0.4, -0.2) is 4.98 Å². The lowest BCUT2D eigenvalue weighted by Crippen LogP contribution is -1.85. The normalized spacial score (nSPS) is 9.67. The van der Waals surface area contributed by atoms with Crippen molar-refractivity contribution in [2.24, 2.45) is 0 Å². The third kappa shape index (κ3) is 1.64. The molecule has 0 saturated carbocycles. The Kier molecular flexibility index (Phi) is 2.05. The summed E-state index contributed by atoms with van der Waals surface area (Å²) in [4.78, 5) is 3.82. The van der Waals surface area contributed by atoms with Crippen LogP contribution in [0.15, 0.2) is 12.3 Å². The number of hydrogen-bond donors (Lipinski definition) is 0. The van der Waals surface area contributed by atoms with Crippen LogP contribution in [0.1, 0.15) is 11.3 Å². The fourth-order valence-corrected chi connectivity index (χ4v) is 0.940. The van der Waals surface area contributed by atoms with Crippen molar-refractivity contribution < 1.29 is 0 Å². The second kappa shape index (κ2) is 2.64. The first-order valence-electron chi connectivity index (χ1n) is 2.36. The minimum Gasteiger partial charge on any atom is -0.260 e. The van der Waals surface area contributed by atoms with Gasteiger partial charge in [0.1, 0.15) is 0 Å². The fourth-order valence-electron chi connectivity index (χ4n) is 0.466. The molecule has 0 aromatic carbocycles. The Hall–Kier alpha value is -0.120. The Bertz CT molecular complexity index is 220. The van der Waals surface area contributed by atoms with Crippen molar-refractivity contribution in [3.05, 3.63) is 40.9 Å². The van der Waals surface area contributed by atoms with Gasteiger partial charge in [-0.15, -0.1) is 0 Å². The topological polar surface area (TPSA) is 12.9 Å². The molecular weight excluding hydrogens is 225 g/mol. The van der Waals surface area contributed by atoms with Crippen molar-refractivity contribution in [3.8, 4) is 0 Å². The number of hydrogen-bond acceptors (Lipinski definition) is 1. The largest absolute Gasteiger partial charge is 0.260 e. The van der Waals surface area contributed by atoms with Gasteiger partial charge in [0.05, 0.1) is 0 Å². The second-order valence-electron chi connectivity index (χ2n) is 1.63. The van der Waals surface area contributed by atoms with Crippen LogP contribution in [0.3, 0.4) is 0 Å². The van der Waals surface area contributed by atoms with Crippen molar-refractivity contribution in [2.45, 2.75) is 0 Å². The first-order valence-corrected chi connectivity index (χ1v) is 3.44. The van der Waals surface area contributed by atoms with Crippen LogP contribution in [0.4, 0.5) is 0 Å². The van der Waals surface area contributed by atoms with Gasteiger partial charge in [-0.1, -0.05) is 0 Å². The molecule has 1 nitrogen and oxygen atoms in total. The number of rotatable bonds is 0. The first-order chi connectivity index (χ1) is 4.20. The monoisotopic (exact) mass is 229 g/mol. The van der Waals surface area contributed by atoms with E-state index in [1.54, 1.807) is 12.3 Å². The lowest BCUT2D eigenvalue weighted by atomic mass is 10.2. The quantitative estimate of drug-likeness (QED) is 0.618. The molecule has 0 unspecified atom stereocenters. The number of nitrogens with zero attached hydrogens (tertiary/aromatic N) is 1. The van der Waals surface area contributed by atoms with Gasteiger partial charge in [0.15, 0.2) is 0 Å². The molecule has 1 rings (SSSR count). The highest BCUT2D eigenvalue weighted by atomic mass is 127. The van der Waals surface area contributed by atoms with E-state index in [1.807, 2.05) is 0 Å². The highest BCUT2D eigenvalue weighted by Crippen LogP contribution is 2.07. The van der Waals surface area contributed by atoms with Gasteiger partial charge in [-0.25, -0.2) is 0 Å². The summed E-state index contributed by atoms with van der Waals surface area (Å²) in [5, 5.41) is 0. The number of aromatic nitrogens is 1. The summed E-state index contributed by atoms with van der Waals surface area (Å²) in [7, 11) is 0. The second-order valence-corrected chi connectivity index (χ2v) is 2.87. The smallest absolute Gasteiger partial charge is 0.0484 e. The summed E-state index contributed by atoms with van der Waals surface area (Å²) in [6, 6.07) is 1.78. The summed E-state index contributed by atoms with van der Waals surface area (Å²) in [5.74, 6) is 0. The molecule has 9 heavy (non-hydrogen) atoms. The van der Waals surface area contributed by atoms with Crippen LogP contribution in [0.25, 0.3) is 0 Å². The molecule has 0 atom stereocenters. The Morgan fingerprint density at radius 3 is 2.56 bits per heavy atom. The Morgan fingerprint density at radius 1 is 1.44 bits per heavy atom. The fraction of sp³-hybridized carbons (Fsp3) is 0. The van der Waals surface area contributed by atoms with E-state index in [2.05, 4.69) is 27.6 Å². The van der Waals surface area contributed by atoms with Crippen molar-refractivity contribution in [2.75, 3.05) is 0 Å². The predicted molar refractivity (Wildman–Crippen MR) is 43.8 cm³/mol. The highest BCUT2D eigenvalue weighted by molar-refractivity contribution is 14.1. The van der Waals surface area contributed by atoms with Crippen molar-refractivity contribution >= 4 is 22.6 Å². The summed E-state index contributed by atoms with van der Waals surface area (Å²) in [6.45, 7) is 10.8. The molecule has 0 N–H and O–H groups in total. The van der Waals surface area contributed by atoms with Crippen molar-refractivity contribution in [1.29, 1.82) is 0 Å². The van der Waals surface area contributed by atoms with Gasteiger partial charge in [0.25, 0.3) is 0 Å². The van der Waals surface area contributed by atoms with E-state index in [0.29, 0.717) is 11.3 Å². The first kappa shape index (κ1) is 6.99. The number of halogens is 1. The van der Waals surface area contributed by atoms with E-state index in [1.165, 1.54) is 0 Å². The van der Waals surface area contributed by atoms with Gasteiger partial charge in [0.2, 0.25) is 0 Å². The molecule has 0 saturated heterocycles. The van der Waals surface area contributed by atoms with Gasteiger partial charge in [-0.3, -0.25) is 4.98 Å². The minimum atomic E-state index is 0.399. The molecule has 1 aromatic heterocycles. The average Bonchev–Trinajstić information content (AvgIpc) is 1.80. The van der Waals surface area contributed by atoms with Gasteiger partial charge in [-0.2, -0.15) is 0 Å². The molecular formula is C7H4IN. The van der Waals surface area contributed by atoms with Crippen LogP contribution in [0.2, 0.25) is 0 Å². The van der Waals surface area contributed by atoms with E-state index in [-0.39, 0.29) is 0 Å². The molecule has 1 aromatic rings. The minimum absolute atomic E-state index is 0.399. The lowest BCUT2D eigenvalue weighted by molar-refractivity contribution is 1.23. The molecule has 0 fully saturated rings. The Balaban J connectivity index is 3.17. The third-order valence-electron chi connectivity index (χ3n) is 0.916. The standard InChI is InChI=1S/C7H4IN/c1-5-3-7(8)4-9-6(5)2/h1-4H. The highest BCUT2D eigenvalue weighted by Gasteiger charge is 1.92. The van der Waals surface area contributed by atoms with Gasteiger partial charge < -0.3 is 0 Å². The Labute approximate surface area is 68.6 Å². The predicted octanol–water partition coefficient (Wildman–Crippen LogP) is 1.80. The SMILES string of the molecule is [CH]c1cc(I)cnc1[CH]. The maximum absolute atomic E-state index is 5.43. The van der Waals surface area contributed by atoms with Gasteiger partial charge >= 0.3 is 0 Å². The average molecular weight is 229 g/mol. The molecule has 0 aliphatic carbocycles. The Morgan fingerprint density at radius 2 is 2.11 bits per heavy atom. The van der Waals surface area contributed by atoms with Gasteiger partial charge in [-0.05, 0) is 34.2 Å². The van der Waals surface area contributed by atoms with Crippen molar-refractivity contribution in [3.63, 3.8) is 0 Å². The summed E-state index contributed by atoms with van der Waals surface area (Å²) >= 11 is 2.12. The van der Waals surface area contributed by atoms with Crippen LogP contribution in [0, 0.1) is 17.4 Å². The molecule has 4 radical (unpaired) electrons. The zero-order valence-electron chi connectivity index (χ0n) is 4.63. The summed E-state index contributed by atoms with van der Waals surface area (Å²) < 4.78 is 0.999. The number of pyridine rings is 1. The van der Waals surface area contributed by atoms with E-state index in [9.17, 15) is 0 Å². The third-order valence-corrected chi connectivity index (χ3v) is 1.51. The maximum atomic E-state index is 5.43. The van der Waals surface area contributed by atoms with E-state index < -0.39 is 0 Å². The van der Waals surface area contributed by atoms with E-state index in [4.69, 9.17) is 13.8 Å². The van der Waals surface area contributed by atoms with Crippen LogP contribution < -0.4 is 0 Å². The molecule has 2 heteroatoms. The summed E-state index contributed by atoms with van der Waals surface area (Å²) in [5.41, 5.74) is 0.942. The molecule has 0 spiro atoms. The zero-order valence-corrected chi connectivity index (χ0v) is 6.79. The van der Waals surface area contributed by atoms with Crippen molar-refractivity contribution in [1.82, 2.24) is 4.98 Å². The van der Waals surface area contributed by atoms with Crippen LogP contribution >= 0.6 is 22.6 Å². The zero-order chi connectivity index (χ0) is 6.85. The molecule has 0 bridgehead atoms. The molecule has 0 aliphatic heterocycles. The van der Waals surface area contributed by atoms with Crippen LogP contribution in [-0.2, 0) is 0 Å². The molecule has 44 valence electrons.